The van der Waals surface area contributed by atoms with Gasteiger partial charge in [-0.2, -0.15) is 0 Å². The molecule has 0 fully saturated rings. The number of sulfonamides is 1. The van der Waals surface area contributed by atoms with Crippen molar-refractivity contribution in [3.63, 3.8) is 0 Å². The number of H-pyrrole nitrogens is 1. The Morgan fingerprint density at radius 2 is 1.84 bits per heavy atom. The van der Waals surface area contributed by atoms with Crippen molar-refractivity contribution < 1.29 is 13.2 Å². The quantitative estimate of drug-likeness (QED) is 0.644. The first-order valence-corrected chi connectivity index (χ1v) is 10.5. The highest BCUT2D eigenvalue weighted by Crippen LogP contribution is 2.26. The number of carbonyl (C=O) groups is 1. The zero-order valence-corrected chi connectivity index (χ0v) is 15.4. The lowest BCUT2D eigenvalue weighted by Gasteiger charge is -2.11. The fourth-order valence-corrected chi connectivity index (χ4v) is 3.81. The van der Waals surface area contributed by atoms with Crippen LogP contribution in [-0.2, 0) is 10.0 Å². The van der Waals surface area contributed by atoms with Gasteiger partial charge < -0.3 is 4.98 Å². The van der Waals surface area contributed by atoms with Crippen molar-refractivity contribution in [2.45, 2.75) is 12.8 Å². The molecule has 2 aromatic heterocycles. The second-order valence-electron chi connectivity index (χ2n) is 5.85. The number of hydrogen-bond acceptors (Lipinski definition) is 4. The molecule has 0 aliphatic rings. The fraction of sp³-hybridized carbons (Fsp3) is 0.167. The molecular formula is C18H18N2O3S2. The number of carbonyl (C=O) groups excluding carboxylic acids is 1. The highest BCUT2D eigenvalue weighted by Gasteiger charge is 2.16. The summed E-state index contributed by atoms with van der Waals surface area (Å²) in [6, 6.07) is 14.6. The van der Waals surface area contributed by atoms with Crippen LogP contribution in [0.1, 0.15) is 39.5 Å². The monoisotopic (exact) mass is 374 g/mol. The summed E-state index contributed by atoms with van der Waals surface area (Å²) < 4.78 is 25.0. The van der Waals surface area contributed by atoms with Crippen molar-refractivity contribution in [1.29, 1.82) is 0 Å². The van der Waals surface area contributed by atoms with Gasteiger partial charge in [-0.1, -0.05) is 25.1 Å². The molecule has 0 aliphatic heterocycles. The lowest BCUT2D eigenvalue weighted by Crippen LogP contribution is -2.09. The van der Waals surface area contributed by atoms with Crippen molar-refractivity contribution in [1.82, 2.24) is 4.98 Å². The van der Waals surface area contributed by atoms with E-state index < -0.39 is 10.0 Å². The third kappa shape index (κ3) is 4.18. The molecule has 2 heterocycles. The SMILES string of the molecule is CC(c1ccc(NS(C)(=O)=O)cc1)c1ccc(C(=O)c2cccs2)[nH]1. The third-order valence-corrected chi connectivity index (χ3v) is 5.35. The van der Waals surface area contributed by atoms with Crippen LogP contribution in [0.4, 0.5) is 5.69 Å². The van der Waals surface area contributed by atoms with E-state index in [0.29, 0.717) is 16.3 Å². The number of benzene rings is 1. The fourth-order valence-electron chi connectivity index (χ4n) is 2.57. The van der Waals surface area contributed by atoms with Crippen LogP contribution in [0.2, 0.25) is 0 Å². The lowest BCUT2D eigenvalue weighted by atomic mass is 9.98. The minimum Gasteiger partial charge on any atom is -0.355 e. The van der Waals surface area contributed by atoms with Crippen LogP contribution in [0.3, 0.4) is 0 Å². The Kier molecular flexibility index (Phi) is 4.78. The molecule has 0 spiro atoms. The number of rotatable bonds is 6. The molecule has 2 N–H and O–H groups in total. The Morgan fingerprint density at radius 3 is 2.44 bits per heavy atom. The van der Waals surface area contributed by atoms with Crippen molar-refractivity contribution in [3.8, 4) is 0 Å². The molecule has 0 bridgehead atoms. The molecule has 3 rings (SSSR count). The van der Waals surface area contributed by atoms with E-state index in [1.807, 2.05) is 42.6 Å². The summed E-state index contributed by atoms with van der Waals surface area (Å²) in [7, 11) is -3.28. The molecule has 5 nitrogen and oxygen atoms in total. The van der Waals surface area contributed by atoms with Crippen LogP contribution < -0.4 is 4.72 Å². The maximum atomic E-state index is 12.4. The van der Waals surface area contributed by atoms with E-state index in [9.17, 15) is 13.2 Å². The number of thiophene rings is 1. The van der Waals surface area contributed by atoms with Gasteiger partial charge >= 0.3 is 0 Å². The largest absolute Gasteiger partial charge is 0.355 e. The Bertz CT molecular complexity index is 972. The summed E-state index contributed by atoms with van der Waals surface area (Å²) >= 11 is 1.42. The molecule has 0 saturated heterocycles. The number of ketones is 1. The molecule has 0 saturated carbocycles. The molecule has 1 aromatic carbocycles. The number of aromatic nitrogens is 1. The number of anilines is 1. The minimum absolute atomic E-state index is 0.0128. The third-order valence-electron chi connectivity index (χ3n) is 3.88. The van der Waals surface area contributed by atoms with Gasteiger partial charge in [0, 0.05) is 17.3 Å². The molecule has 1 unspecified atom stereocenters. The topological polar surface area (TPSA) is 79.0 Å². The number of nitrogens with one attached hydrogen (secondary N) is 2. The second kappa shape index (κ2) is 6.85. The normalized spacial score (nSPS) is 12.7. The molecule has 0 amide bonds. The van der Waals surface area contributed by atoms with Gasteiger partial charge in [0.05, 0.1) is 16.8 Å². The van der Waals surface area contributed by atoms with Crippen molar-refractivity contribution in [2.24, 2.45) is 0 Å². The Balaban J connectivity index is 1.77. The predicted molar refractivity (Wildman–Crippen MR) is 101 cm³/mol. The molecular weight excluding hydrogens is 356 g/mol. The average molecular weight is 374 g/mol. The number of hydrogen-bond donors (Lipinski definition) is 2. The van der Waals surface area contributed by atoms with E-state index in [4.69, 9.17) is 0 Å². The van der Waals surface area contributed by atoms with Crippen LogP contribution in [-0.4, -0.2) is 25.4 Å². The van der Waals surface area contributed by atoms with Gasteiger partial charge in [0.25, 0.3) is 0 Å². The summed E-state index contributed by atoms with van der Waals surface area (Å²) in [6.45, 7) is 2.03. The zero-order chi connectivity index (χ0) is 18.0. The van der Waals surface area contributed by atoms with Gasteiger partial charge in [-0.15, -0.1) is 11.3 Å². The summed E-state index contributed by atoms with van der Waals surface area (Å²) in [4.78, 5) is 16.3. The van der Waals surface area contributed by atoms with Gasteiger partial charge in [0.15, 0.2) is 0 Å². The van der Waals surface area contributed by atoms with Gasteiger partial charge in [0.1, 0.15) is 0 Å². The first kappa shape index (κ1) is 17.4. The molecule has 0 radical (unpaired) electrons. The second-order valence-corrected chi connectivity index (χ2v) is 8.55. The zero-order valence-electron chi connectivity index (χ0n) is 13.8. The van der Waals surface area contributed by atoms with Gasteiger partial charge in [-0.25, -0.2) is 8.42 Å². The standard InChI is InChI=1S/C18H18N2O3S2/c1-12(13-5-7-14(8-6-13)20-25(2,22)23)15-9-10-16(19-15)18(21)17-4-3-11-24-17/h3-12,19-20H,1-2H3. The van der Waals surface area contributed by atoms with Crippen molar-refractivity contribution in [2.75, 3.05) is 11.0 Å². The van der Waals surface area contributed by atoms with E-state index in [0.717, 1.165) is 17.5 Å². The first-order chi connectivity index (χ1) is 11.8. The van der Waals surface area contributed by atoms with E-state index in [1.165, 1.54) is 11.3 Å². The first-order valence-electron chi connectivity index (χ1n) is 7.68. The van der Waals surface area contributed by atoms with Gasteiger partial charge in [0.2, 0.25) is 15.8 Å². The molecule has 1 atom stereocenters. The molecule has 25 heavy (non-hydrogen) atoms. The van der Waals surface area contributed by atoms with E-state index >= 15 is 0 Å². The molecule has 0 aliphatic carbocycles. The summed E-state index contributed by atoms with van der Waals surface area (Å²) in [6.07, 6.45) is 1.12. The average Bonchev–Trinajstić information content (AvgIpc) is 3.24. The maximum Gasteiger partial charge on any atom is 0.229 e. The van der Waals surface area contributed by atoms with Gasteiger partial charge in [-0.05, 0) is 41.3 Å². The highest BCUT2D eigenvalue weighted by atomic mass is 32.2. The smallest absolute Gasteiger partial charge is 0.229 e. The van der Waals surface area contributed by atoms with E-state index in [1.54, 1.807) is 18.2 Å². The van der Waals surface area contributed by atoms with E-state index in [2.05, 4.69) is 9.71 Å². The molecule has 7 heteroatoms. The maximum absolute atomic E-state index is 12.4. The van der Waals surface area contributed by atoms with Crippen LogP contribution in [0, 0.1) is 0 Å². The highest BCUT2D eigenvalue weighted by molar-refractivity contribution is 7.92. The van der Waals surface area contributed by atoms with Crippen molar-refractivity contribution in [3.05, 3.63) is 75.7 Å². The predicted octanol–water partition coefficient (Wildman–Crippen LogP) is 3.83. The van der Waals surface area contributed by atoms with Crippen LogP contribution in [0.5, 0.6) is 0 Å². The Hall–Kier alpha value is -2.38. The summed E-state index contributed by atoms with van der Waals surface area (Å²) in [5.41, 5.74) is 3.05. The summed E-state index contributed by atoms with van der Waals surface area (Å²) in [5, 5.41) is 1.88. The summed E-state index contributed by atoms with van der Waals surface area (Å²) in [5.74, 6) is 0.0401. The van der Waals surface area contributed by atoms with Crippen LogP contribution >= 0.6 is 11.3 Å². The Labute approximate surface area is 150 Å². The van der Waals surface area contributed by atoms with Gasteiger partial charge in [-0.3, -0.25) is 9.52 Å². The lowest BCUT2D eigenvalue weighted by molar-refractivity contribution is 0.103. The van der Waals surface area contributed by atoms with Crippen molar-refractivity contribution >= 4 is 32.8 Å². The van der Waals surface area contributed by atoms with E-state index in [-0.39, 0.29) is 11.7 Å². The molecule has 130 valence electrons. The minimum atomic E-state index is -3.28. The Morgan fingerprint density at radius 1 is 1.12 bits per heavy atom. The number of aromatic amines is 1. The molecule has 3 aromatic rings. The van der Waals surface area contributed by atoms with Crippen LogP contribution in [0.15, 0.2) is 53.9 Å². The van der Waals surface area contributed by atoms with Crippen LogP contribution in [0.25, 0.3) is 0 Å².